The molecular weight excluding hydrogens is 343 g/mol. The Morgan fingerprint density at radius 3 is 2.60 bits per heavy atom. The Bertz CT molecular complexity index is 577. The predicted molar refractivity (Wildman–Crippen MR) is 66.7 cm³/mol. The first-order valence-corrected chi connectivity index (χ1v) is 6.29. The standard InChI is InChI=1S/C11H9BrF3N3O2/c1-18-8(19)3-7(10(18)20)17-9-6(11(13,14)15)2-5(12)4-16-9/h2,4,7H,3H2,1H3,(H,16,17). The number of amides is 2. The molecule has 108 valence electrons. The molecule has 1 aliphatic rings. The Morgan fingerprint density at radius 1 is 1.45 bits per heavy atom. The van der Waals surface area contributed by atoms with Crippen LogP contribution in [-0.2, 0) is 15.8 Å². The van der Waals surface area contributed by atoms with Gasteiger partial charge in [-0.3, -0.25) is 14.5 Å². The lowest BCUT2D eigenvalue weighted by Gasteiger charge is -2.16. The maximum atomic E-state index is 12.9. The van der Waals surface area contributed by atoms with Gasteiger partial charge in [-0.15, -0.1) is 0 Å². The van der Waals surface area contributed by atoms with Gasteiger partial charge in [-0.2, -0.15) is 13.2 Å². The zero-order valence-corrected chi connectivity index (χ0v) is 11.7. The zero-order chi connectivity index (χ0) is 15.1. The number of halogens is 4. The van der Waals surface area contributed by atoms with Crippen LogP contribution in [0.2, 0.25) is 0 Å². The smallest absolute Gasteiger partial charge is 0.357 e. The van der Waals surface area contributed by atoms with E-state index in [1.54, 1.807) is 0 Å². The number of aromatic nitrogens is 1. The molecule has 0 radical (unpaired) electrons. The van der Waals surface area contributed by atoms with Gasteiger partial charge in [0.1, 0.15) is 11.9 Å². The highest BCUT2D eigenvalue weighted by atomic mass is 79.9. The van der Waals surface area contributed by atoms with E-state index in [9.17, 15) is 22.8 Å². The summed E-state index contributed by atoms with van der Waals surface area (Å²) in [6.07, 6.45) is -3.62. The van der Waals surface area contributed by atoms with Crippen LogP contribution in [0, 0.1) is 0 Å². The second-order valence-electron chi connectivity index (χ2n) is 4.24. The van der Waals surface area contributed by atoms with Gasteiger partial charge in [0.2, 0.25) is 5.91 Å². The van der Waals surface area contributed by atoms with Crippen LogP contribution in [0.15, 0.2) is 16.7 Å². The molecule has 1 fully saturated rings. The second-order valence-corrected chi connectivity index (χ2v) is 5.16. The average molecular weight is 352 g/mol. The summed E-state index contributed by atoms with van der Waals surface area (Å²) in [6, 6.07) is -0.164. The molecule has 20 heavy (non-hydrogen) atoms. The maximum Gasteiger partial charge on any atom is 0.419 e. The molecule has 0 saturated carbocycles. The normalized spacial score (nSPS) is 19.6. The Hall–Kier alpha value is -1.64. The number of likely N-dealkylation sites (N-methyl/N-ethyl adjacent to an activating group) is 1. The number of anilines is 1. The number of imide groups is 1. The van der Waals surface area contributed by atoms with E-state index >= 15 is 0 Å². The molecule has 0 bridgehead atoms. The number of hydrogen-bond donors (Lipinski definition) is 1. The number of nitrogens with one attached hydrogen (secondary N) is 1. The molecule has 1 aromatic rings. The van der Waals surface area contributed by atoms with Crippen LogP contribution in [0.1, 0.15) is 12.0 Å². The van der Waals surface area contributed by atoms with Gasteiger partial charge in [0.05, 0.1) is 12.0 Å². The van der Waals surface area contributed by atoms with E-state index in [1.807, 2.05) is 0 Å². The number of carbonyl (C=O) groups is 2. The molecule has 1 N–H and O–H groups in total. The number of hydrogen-bond acceptors (Lipinski definition) is 4. The van der Waals surface area contributed by atoms with Gasteiger partial charge in [0, 0.05) is 17.7 Å². The molecule has 0 aliphatic carbocycles. The Labute approximate surface area is 120 Å². The topological polar surface area (TPSA) is 62.3 Å². The van der Waals surface area contributed by atoms with E-state index in [0.29, 0.717) is 0 Å². The van der Waals surface area contributed by atoms with E-state index in [1.165, 1.54) is 13.2 Å². The van der Waals surface area contributed by atoms with E-state index in [-0.39, 0.29) is 10.9 Å². The van der Waals surface area contributed by atoms with Crippen molar-refractivity contribution in [2.24, 2.45) is 0 Å². The van der Waals surface area contributed by atoms with Crippen LogP contribution in [-0.4, -0.2) is 34.8 Å². The monoisotopic (exact) mass is 351 g/mol. The van der Waals surface area contributed by atoms with E-state index < -0.39 is 35.4 Å². The van der Waals surface area contributed by atoms with Gasteiger partial charge in [0.25, 0.3) is 5.91 Å². The molecule has 1 saturated heterocycles. The van der Waals surface area contributed by atoms with E-state index in [4.69, 9.17) is 0 Å². The lowest BCUT2D eigenvalue weighted by Crippen LogP contribution is -2.32. The highest BCUT2D eigenvalue weighted by molar-refractivity contribution is 9.10. The third kappa shape index (κ3) is 2.77. The van der Waals surface area contributed by atoms with Crippen LogP contribution < -0.4 is 5.32 Å². The Balaban J connectivity index is 2.31. The van der Waals surface area contributed by atoms with Gasteiger partial charge in [-0.25, -0.2) is 4.98 Å². The first-order chi connectivity index (χ1) is 9.20. The van der Waals surface area contributed by atoms with Crippen molar-refractivity contribution in [1.82, 2.24) is 9.88 Å². The molecule has 1 aromatic heterocycles. The number of carbonyl (C=O) groups excluding carboxylic acids is 2. The summed E-state index contributed by atoms with van der Waals surface area (Å²) in [5, 5.41) is 2.39. The fraction of sp³-hybridized carbons (Fsp3) is 0.364. The highest BCUT2D eigenvalue weighted by Crippen LogP contribution is 2.35. The minimum atomic E-state index is -4.61. The minimum absolute atomic E-state index is 0.168. The van der Waals surface area contributed by atoms with Crippen molar-refractivity contribution < 1.29 is 22.8 Å². The van der Waals surface area contributed by atoms with Crippen molar-refractivity contribution >= 4 is 33.6 Å². The lowest BCUT2D eigenvalue weighted by atomic mass is 10.2. The molecule has 9 heteroatoms. The van der Waals surface area contributed by atoms with Crippen molar-refractivity contribution in [1.29, 1.82) is 0 Å². The molecule has 5 nitrogen and oxygen atoms in total. The lowest BCUT2D eigenvalue weighted by molar-refractivity contribution is -0.138. The molecule has 1 unspecified atom stereocenters. The van der Waals surface area contributed by atoms with Gasteiger partial charge >= 0.3 is 6.18 Å². The molecule has 2 amide bonds. The third-order valence-corrected chi connectivity index (χ3v) is 3.29. The molecule has 1 atom stereocenters. The third-order valence-electron chi connectivity index (χ3n) is 2.85. The summed E-state index contributed by atoms with van der Waals surface area (Å²) < 4.78 is 38.8. The van der Waals surface area contributed by atoms with Crippen LogP contribution in [0.4, 0.5) is 19.0 Å². The van der Waals surface area contributed by atoms with Gasteiger partial charge in [0.15, 0.2) is 0 Å². The van der Waals surface area contributed by atoms with Gasteiger partial charge in [-0.1, -0.05) is 0 Å². The molecule has 2 rings (SSSR count). The summed E-state index contributed by atoms with van der Waals surface area (Å²) in [4.78, 5) is 27.5. The summed E-state index contributed by atoms with van der Waals surface area (Å²) in [5.41, 5.74) is -0.998. The summed E-state index contributed by atoms with van der Waals surface area (Å²) in [7, 11) is 1.28. The largest absolute Gasteiger partial charge is 0.419 e. The van der Waals surface area contributed by atoms with Crippen molar-refractivity contribution in [2.75, 3.05) is 12.4 Å². The highest BCUT2D eigenvalue weighted by Gasteiger charge is 2.39. The van der Waals surface area contributed by atoms with E-state index in [2.05, 4.69) is 26.2 Å². The van der Waals surface area contributed by atoms with Crippen LogP contribution >= 0.6 is 15.9 Å². The minimum Gasteiger partial charge on any atom is -0.357 e. The Morgan fingerprint density at radius 2 is 2.10 bits per heavy atom. The molecule has 0 aromatic carbocycles. The van der Waals surface area contributed by atoms with Gasteiger partial charge < -0.3 is 5.32 Å². The van der Waals surface area contributed by atoms with Gasteiger partial charge in [-0.05, 0) is 22.0 Å². The van der Waals surface area contributed by atoms with Crippen LogP contribution in [0.5, 0.6) is 0 Å². The van der Waals surface area contributed by atoms with Crippen molar-refractivity contribution in [2.45, 2.75) is 18.6 Å². The average Bonchev–Trinajstić information content (AvgIpc) is 2.58. The Kier molecular flexibility index (Phi) is 3.72. The summed E-state index contributed by atoms with van der Waals surface area (Å²) in [5.74, 6) is -1.49. The van der Waals surface area contributed by atoms with Crippen molar-refractivity contribution in [3.63, 3.8) is 0 Å². The first kappa shape index (κ1) is 14.8. The molecule has 2 heterocycles. The van der Waals surface area contributed by atoms with Crippen LogP contribution in [0.25, 0.3) is 0 Å². The number of alkyl halides is 3. The maximum absolute atomic E-state index is 12.9. The summed E-state index contributed by atoms with van der Waals surface area (Å²) in [6.45, 7) is 0. The SMILES string of the molecule is CN1C(=O)CC(Nc2ncc(Br)cc2C(F)(F)F)C1=O. The fourth-order valence-electron chi connectivity index (χ4n) is 1.80. The zero-order valence-electron chi connectivity index (χ0n) is 10.2. The molecule has 1 aliphatic heterocycles. The first-order valence-electron chi connectivity index (χ1n) is 5.50. The predicted octanol–water partition coefficient (Wildman–Crippen LogP) is 2.03. The number of rotatable bonds is 2. The quantitative estimate of drug-likeness (QED) is 0.828. The number of nitrogens with zero attached hydrogens (tertiary/aromatic N) is 2. The number of likely N-dealkylation sites (tertiary alicyclic amines) is 1. The fourth-order valence-corrected chi connectivity index (χ4v) is 2.13. The van der Waals surface area contributed by atoms with Crippen molar-refractivity contribution in [3.05, 3.63) is 22.3 Å². The van der Waals surface area contributed by atoms with Crippen molar-refractivity contribution in [3.8, 4) is 0 Å². The number of pyridine rings is 1. The summed E-state index contributed by atoms with van der Waals surface area (Å²) >= 11 is 2.91. The van der Waals surface area contributed by atoms with Crippen LogP contribution in [0.3, 0.4) is 0 Å². The van der Waals surface area contributed by atoms with E-state index in [0.717, 1.165) is 11.0 Å². The second kappa shape index (κ2) is 5.04. The molecular formula is C11H9BrF3N3O2. The molecule has 0 spiro atoms.